The van der Waals surface area contributed by atoms with Crippen molar-refractivity contribution in [3.63, 3.8) is 0 Å². The number of carbonyl (C=O) groups excluding carboxylic acids is 3. The molecule has 0 saturated carbocycles. The second kappa shape index (κ2) is 7.31. The van der Waals surface area contributed by atoms with Gasteiger partial charge in [-0.05, 0) is 55.2 Å². The van der Waals surface area contributed by atoms with Crippen molar-refractivity contribution in [2.24, 2.45) is 11.3 Å². The number of amides is 2. The third kappa shape index (κ3) is 4.30. The van der Waals surface area contributed by atoms with Gasteiger partial charge in [0, 0.05) is 16.6 Å². The van der Waals surface area contributed by atoms with Gasteiger partial charge in [-0.1, -0.05) is 20.8 Å². The van der Waals surface area contributed by atoms with Gasteiger partial charge in [-0.3, -0.25) is 25.2 Å². The quantitative estimate of drug-likeness (QED) is 0.556. The summed E-state index contributed by atoms with van der Waals surface area (Å²) < 4.78 is 0. The molecule has 2 heterocycles. The van der Waals surface area contributed by atoms with E-state index in [0.717, 1.165) is 19.3 Å². The average Bonchev–Trinajstić information content (AvgIpc) is 3.24. The number of aromatic amines is 1. The van der Waals surface area contributed by atoms with Crippen molar-refractivity contribution in [1.29, 1.82) is 0 Å². The lowest BCUT2D eigenvalue weighted by molar-refractivity contribution is 0.0846. The van der Waals surface area contributed by atoms with E-state index < -0.39 is 5.91 Å². The van der Waals surface area contributed by atoms with Crippen LogP contribution in [0.5, 0.6) is 0 Å². The van der Waals surface area contributed by atoms with Gasteiger partial charge in [0.15, 0.2) is 5.78 Å². The predicted octanol–water partition coefficient (Wildman–Crippen LogP) is 3.50. The Morgan fingerprint density at radius 1 is 1.15 bits per heavy atom. The van der Waals surface area contributed by atoms with E-state index in [1.54, 1.807) is 0 Å². The third-order valence-electron chi connectivity index (χ3n) is 5.16. The van der Waals surface area contributed by atoms with E-state index in [1.165, 1.54) is 41.0 Å². The molecule has 0 unspecified atom stereocenters. The molecule has 0 fully saturated rings. The van der Waals surface area contributed by atoms with Gasteiger partial charge < -0.3 is 4.98 Å². The molecule has 27 heavy (non-hydrogen) atoms. The molecule has 0 aromatic carbocycles. The summed E-state index contributed by atoms with van der Waals surface area (Å²) in [5.74, 6) is -0.344. The third-order valence-corrected chi connectivity index (χ3v) is 6.39. The van der Waals surface area contributed by atoms with Crippen molar-refractivity contribution >= 4 is 28.9 Å². The van der Waals surface area contributed by atoms with Gasteiger partial charge in [-0.15, -0.1) is 11.3 Å². The van der Waals surface area contributed by atoms with Crippen molar-refractivity contribution in [2.45, 2.75) is 47.0 Å². The topological polar surface area (TPSA) is 91.1 Å². The Balaban J connectivity index is 1.61. The number of nitrogens with one attached hydrogen (secondary N) is 3. The van der Waals surface area contributed by atoms with Crippen molar-refractivity contribution in [3.8, 4) is 0 Å². The van der Waals surface area contributed by atoms with Gasteiger partial charge in [0.2, 0.25) is 0 Å². The molecule has 1 aliphatic rings. The van der Waals surface area contributed by atoms with Crippen molar-refractivity contribution < 1.29 is 14.4 Å². The van der Waals surface area contributed by atoms with Crippen molar-refractivity contribution in [1.82, 2.24) is 15.8 Å². The number of hydrogen-bond donors (Lipinski definition) is 3. The Morgan fingerprint density at radius 2 is 1.85 bits per heavy atom. The molecular formula is C20H25N3O3S. The first-order valence-corrected chi connectivity index (χ1v) is 9.88. The minimum Gasteiger partial charge on any atom is -0.356 e. The summed E-state index contributed by atoms with van der Waals surface area (Å²) in [4.78, 5) is 40.4. The molecule has 0 radical (unpaired) electrons. The molecule has 2 aromatic rings. The number of aromatic nitrogens is 1. The molecular weight excluding hydrogens is 362 g/mol. The molecule has 0 aliphatic heterocycles. The zero-order chi connectivity index (χ0) is 19.8. The van der Waals surface area contributed by atoms with Crippen LogP contribution in [0.3, 0.4) is 0 Å². The molecule has 0 spiro atoms. The largest absolute Gasteiger partial charge is 0.356 e. The van der Waals surface area contributed by atoms with E-state index in [9.17, 15) is 14.4 Å². The van der Waals surface area contributed by atoms with Crippen LogP contribution in [0.4, 0.5) is 0 Å². The van der Waals surface area contributed by atoms with Crippen molar-refractivity contribution in [3.05, 3.63) is 44.9 Å². The van der Waals surface area contributed by atoms with Crippen LogP contribution in [0.15, 0.2) is 18.3 Å². The van der Waals surface area contributed by atoms with E-state index in [2.05, 4.69) is 36.6 Å². The van der Waals surface area contributed by atoms with E-state index >= 15 is 0 Å². The molecule has 3 N–H and O–H groups in total. The fourth-order valence-electron chi connectivity index (χ4n) is 3.35. The number of Topliss-reactive ketones (excluding diaryl/α,β-unsaturated/α-hetero) is 1. The van der Waals surface area contributed by atoms with Gasteiger partial charge in [-0.25, -0.2) is 0 Å². The average molecular weight is 388 g/mol. The van der Waals surface area contributed by atoms with Crippen LogP contribution in [0, 0.1) is 11.3 Å². The van der Waals surface area contributed by atoms with Crippen LogP contribution in [-0.4, -0.2) is 22.6 Å². The van der Waals surface area contributed by atoms with Crippen molar-refractivity contribution in [2.75, 3.05) is 0 Å². The normalized spacial score (nSPS) is 16.5. The number of fused-ring (bicyclic) bond motifs is 1. The molecule has 144 valence electrons. The maximum atomic E-state index is 12.4. The molecule has 1 aliphatic carbocycles. The van der Waals surface area contributed by atoms with Gasteiger partial charge in [0.05, 0.1) is 4.88 Å². The lowest BCUT2D eigenvalue weighted by atomic mass is 9.72. The van der Waals surface area contributed by atoms with Crippen LogP contribution in [0.25, 0.3) is 0 Å². The molecule has 0 saturated heterocycles. The number of ketones is 1. The molecule has 2 aromatic heterocycles. The lowest BCUT2D eigenvalue weighted by Crippen LogP contribution is -2.41. The zero-order valence-electron chi connectivity index (χ0n) is 16.1. The summed E-state index contributed by atoms with van der Waals surface area (Å²) >= 11 is 1.50. The summed E-state index contributed by atoms with van der Waals surface area (Å²) in [5, 5.41) is 0. The van der Waals surface area contributed by atoms with E-state index in [0.29, 0.717) is 16.4 Å². The van der Waals surface area contributed by atoms with E-state index in [1.807, 2.05) is 6.07 Å². The predicted molar refractivity (Wildman–Crippen MR) is 105 cm³/mol. The number of carbonyl (C=O) groups is 3. The second-order valence-corrected chi connectivity index (χ2v) is 9.27. The lowest BCUT2D eigenvalue weighted by Gasteiger charge is -2.33. The highest BCUT2D eigenvalue weighted by molar-refractivity contribution is 7.14. The fourth-order valence-corrected chi connectivity index (χ4v) is 4.45. The minimum absolute atomic E-state index is 0.132. The highest BCUT2D eigenvalue weighted by Crippen LogP contribution is 2.40. The maximum Gasteiger partial charge on any atom is 0.286 e. The summed E-state index contributed by atoms with van der Waals surface area (Å²) in [7, 11) is 0. The molecule has 7 heteroatoms. The summed E-state index contributed by atoms with van der Waals surface area (Å²) in [6.07, 6.45) is 4.60. The van der Waals surface area contributed by atoms with Crippen LogP contribution in [0.1, 0.15) is 75.1 Å². The summed E-state index contributed by atoms with van der Waals surface area (Å²) in [6.45, 7) is 8.21. The molecule has 2 amide bonds. The van der Waals surface area contributed by atoms with Crippen LogP contribution >= 0.6 is 11.3 Å². The first-order chi connectivity index (χ1) is 12.6. The van der Waals surface area contributed by atoms with Crippen LogP contribution in [-0.2, 0) is 12.8 Å². The molecule has 6 nitrogen and oxygen atoms in total. The van der Waals surface area contributed by atoms with Crippen LogP contribution < -0.4 is 10.9 Å². The van der Waals surface area contributed by atoms with E-state index in [4.69, 9.17) is 0 Å². The number of H-pyrrole nitrogens is 1. The fraction of sp³-hybridized carbons (Fsp3) is 0.450. The first kappa shape index (κ1) is 19.4. The Kier molecular flexibility index (Phi) is 5.24. The number of aryl methyl sites for hydroxylation is 1. The summed E-state index contributed by atoms with van der Waals surface area (Å²) in [6, 6.07) is 3.40. The molecule has 0 bridgehead atoms. The molecule has 1 atom stereocenters. The Morgan fingerprint density at radius 3 is 2.48 bits per heavy atom. The highest BCUT2D eigenvalue weighted by Gasteiger charge is 2.30. The first-order valence-electron chi connectivity index (χ1n) is 9.06. The van der Waals surface area contributed by atoms with Gasteiger partial charge in [0.25, 0.3) is 11.8 Å². The standard InChI is InChI=1S/C20H25N3O3S/c1-11(24)13-8-15(21-10-13)18(25)22-23-19(26)17-9-12-7-14(20(2,3)4)5-6-16(12)27-17/h8-10,14,21H,5-7H2,1-4H3,(H,22,25)(H,23,26)/t14-/m1/s1. The number of hydrogen-bond acceptors (Lipinski definition) is 4. The van der Waals surface area contributed by atoms with Gasteiger partial charge in [0.1, 0.15) is 5.69 Å². The Bertz CT molecular complexity index is 889. The van der Waals surface area contributed by atoms with Gasteiger partial charge in [-0.2, -0.15) is 0 Å². The Hall–Kier alpha value is -2.41. The summed E-state index contributed by atoms with van der Waals surface area (Å²) in [5.41, 5.74) is 6.99. The highest BCUT2D eigenvalue weighted by atomic mass is 32.1. The SMILES string of the molecule is CC(=O)c1c[nH]c(C(=O)NNC(=O)c2cc3c(s2)CC[C@@H](C(C)(C)C)C3)c1. The number of hydrazine groups is 1. The number of thiophene rings is 1. The number of rotatable bonds is 3. The van der Waals surface area contributed by atoms with E-state index in [-0.39, 0.29) is 22.8 Å². The molecule has 3 rings (SSSR count). The van der Waals surface area contributed by atoms with Crippen LogP contribution in [0.2, 0.25) is 0 Å². The zero-order valence-corrected chi connectivity index (χ0v) is 16.9. The minimum atomic E-state index is -0.495. The smallest absolute Gasteiger partial charge is 0.286 e. The van der Waals surface area contributed by atoms with Gasteiger partial charge >= 0.3 is 0 Å². The monoisotopic (exact) mass is 387 g/mol. The second-order valence-electron chi connectivity index (χ2n) is 8.13. The maximum absolute atomic E-state index is 12.4. The Labute approximate surface area is 162 Å².